The highest BCUT2D eigenvalue weighted by atomic mass is 16.5. The summed E-state index contributed by atoms with van der Waals surface area (Å²) in [5.41, 5.74) is 1.24. The van der Waals surface area contributed by atoms with Crippen LogP contribution >= 0.6 is 0 Å². The Kier molecular flexibility index (Phi) is 7.21. The Morgan fingerprint density at radius 2 is 2.08 bits per heavy atom. The van der Waals surface area contributed by atoms with Crippen molar-refractivity contribution in [2.75, 3.05) is 19.8 Å². The van der Waals surface area contributed by atoms with Gasteiger partial charge in [-0.05, 0) is 50.3 Å². The Hall–Kier alpha value is -1.92. The molecule has 6 nitrogen and oxygen atoms in total. The van der Waals surface area contributed by atoms with Gasteiger partial charge in [-0.2, -0.15) is 0 Å². The van der Waals surface area contributed by atoms with Crippen molar-refractivity contribution in [3.05, 3.63) is 35.4 Å². The predicted octanol–water partition coefficient (Wildman–Crippen LogP) is 2.02. The molecule has 1 saturated heterocycles. The van der Waals surface area contributed by atoms with Crippen molar-refractivity contribution >= 4 is 11.9 Å². The number of hydrogen-bond acceptors (Lipinski definition) is 4. The average molecular weight is 335 g/mol. The first kappa shape index (κ1) is 18.4. The van der Waals surface area contributed by atoms with Gasteiger partial charge in [0.1, 0.15) is 6.10 Å². The Morgan fingerprint density at radius 3 is 2.71 bits per heavy atom. The number of rotatable bonds is 8. The summed E-state index contributed by atoms with van der Waals surface area (Å²) in [6.07, 6.45) is 3.46. The van der Waals surface area contributed by atoms with E-state index in [1.807, 2.05) is 0 Å². The van der Waals surface area contributed by atoms with Crippen LogP contribution in [0, 0.1) is 0 Å². The van der Waals surface area contributed by atoms with Gasteiger partial charge in [0.2, 0.25) is 5.91 Å². The van der Waals surface area contributed by atoms with Crippen molar-refractivity contribution in [2.45, 2.75) is 44.8 Å². The van der Waals surface area contributed by atoms with Gasteiger partial charge in [-0.25, -0.2) is 4.79 Å². The van der Waals surface area contributed by atoms with E-state index in [9.17, 15) is 9.59 Å². The summed E-state index contributed by atoms with van der Waals surface area (Å²) >= 11 is 0. The number of carboxylic acid groups (broad SMARTS) is 1. The predicted molar refractivity (Wildman–Crippen MR) is 89.1 cm³/mol. The molecule has 0 aromatic heterocycles. The average Bonchev–Trinajstić information content (AvgIpc) is 2.61. The number of aromatic carboxylic acids is 1. The number of carbonyl (C=O) groups excluding carboxylic acids is 1. The molecule has 1 aromatic rings. The number of carboxylic acids is 1. The SMILES string of the molecule is CC(OCC1CCCCO1)C(=O)NCCc1ccc(C(=O)O)cc1. The number of ether oxygens (including phenoxy) is 2. The molecule has 0 saturated carbocycles. The second-order valence-corrected chi connectivity index (χ2v) is 6.01. The normalized spacial score (nSPS) is 18.8. The summed E-state index contributed by atoms with van der Waals surface area (Å²) in [5.74, 6) is -1.09. The molecule has 1 amide bonds. The molecule has 0 bridgehead atoms. The molecule has 1 aliphatic heterocycles. The van der Waals surface area contributed by atoms with E-state index < -0.39 is 12.1 Å². The second kappa shape index (κ2) is 9.39. The van der Waals surface area contributed by atoms with Gasteiger partial charge in [0.25, 0.3) is 0 Å². The third kappa shape index (κ3) is 5.94. The van der Waals surface area contributed by atoms with Crippen LogP contribution in [0.4, 0.5) is 0 Å². The lowest BCUT2D eigenvalue weighted by Crippen LogP contribution is -2.37. The largest absolute Gasteiger partial charge is 0.478 e. The molecule has 2 rings (SSSR count). The lowest BCUT2D eigenvalue weighted by Gasteiger charge is -2.23. The van der Waals surface area contributed by atoms with Crippen molar-refractivity contribution in [2.24, 2.45) is 0 Å². The van der Waals surface area contributed by atoms with E-state index in [-0.39, 0.29) is 17.6 Å². The smallest absolute Gasteiger partial charge is 0.335 e. The Bertz CT molecular complexity index is 537. The molecule has 1 heterocycles. The van der Waals surface area contributed by atoms with Gasteiger partial charge in [0, 0.05) is 13.2 Å². The van der Waals surface area contributed by atoms with Gasteiger partial charge in [-0.15, -0.1) is 0 Å². The fourth-order valence-electron chi connectivity index (χ4n) is 2.55. The zero-order chi connectivity index (χ0) is 17.4. The molecule has 0 radical (unpaired) electrons. The van der Waals surface area contributed by atoms with Crippen LogP contribution in [-0.4, -0.2) is 48.9 Å². The number of nitrogens with one attached hydrogen (secondary N) is 1. The zero-order valence-corrected chi connectivity index (χ0v) is 14.0. The summed E-state index contributed by atoms with van der Waals surface area (Å²) in [4.78, 5) is 22.8. The van der Waals surface area contributed by atoms with E-state index in [1.54, 1.807) is 31.2 Å². The van der Waals surface area contributed by atoms with Gasteiger partial charge >= 0.3 is 5.97 Å². The quantitative estimate of drug-likeness (QED) is 0.759. The summed E-state index contributed by atoms with van der Waals surface area (Å²) in [6, 6.07) is 6.65. The summed E-state index contributed by atoms with van der Waals surface area (Å²) in [7, 11) is 0. The molecule has 132 valence electrons. The maximum Gasteiger partial charge on any atom is 0.335 e. The van der Waals surface area contributed by atoms with Gasteiger partial charge in [-0.1, -0.05) is 12.1 Å². The van der Waals surface area contributed by atoms with Gasteiger partial charge in [-0.3, -0.25) is 4.79 Å². The number of benzene rings is 1. The summed E-state index contributed by atoms with van der Waals surface area (Å²) in [5, 5.41) is 11.7. The van der Waals surface area contributed by atoms with E-state index in [0.717, 1.165) is 31.4 Å². The Balaban J connectivity index is 1.65. The van der Waals surface area contributed by atoms with Crippen molar-refractivity contribution in [1.82, 2.24) is 5.32 Å². The first-order valence-corrected chi connectivity index (χ1v) is 8.39. The molecular weight excluding hydrogens is 310 g/mol. The topological polar surface area (TPSA) is 84.9 Å². The fraction of sp³-hybridized carbons (Fsp3) is 0.556. The highest BCUT2D eigenvalue weighted by molar-refractivity contribution is 5.87. The third-order valence-corrected chi connectivity index (χ3v) is 4.09. The van der Waals surface area contributed by atoms with Gasteiger partial charge in [0.15, 0.2) is 0 Å². The van der Waals surface area contributed by atoms with Gasteiger partial charge < -0.3 is 19.9 Å². The first-order chi connectivity index (χ1) is 11.6. The van der Waals surface area contributed by atoms with Crippen LogP contribution in [0.5, 0.6) is 0 Å². The number of hydrogen-bond donors (Lipinski definition) is 2. The van der Waals surface area contributed by atoms with Crippen molar-refractivity contribution in [1.29, 1.82) is 0 Å². The van der Waals surface area contributed by atoms with Crippen LogP contribution in [0.25, 0.3) is 0 Å². The van der Waals surface area contributed by atoms with Gasteiger partial charge in [0.05, 0.1) is 18.3 Å². The molecule has 2 unspecified atom stereocenters. The lowest BCUT2D eigenvalue weighted by molar-refractivity contribution is -0.135. The minimum absolute atomic E-state index is 0.0988. The summed E-state index contributed by atoms with van der Waals surface area (Å²) in [6.45, 7) is 3.44. The monoisotopic (exact) mass is 335 g/mol. The molecule has 2 N–H and O–H groups in total. The van der Waals surface area contributed by atoms with Crippen LogP contribution < -0.4 is 5.32 Å². The van der Waals surface area contributed by atoms with E-state index in [2.05, 4.69) is 5.32 Å². The van der Waals surface area contributed by atoms with Crippen molar-refractivity contribution < 1.29 is 24.2 Å². The van der Waals surface area contributed by atoms with E-state index >= 15 is 0 Å². The van der Waals surface area contributed by atoms with E-state index in [0.29, 0.717) is 19.6 Å². The Labute approximate surface area is 142 Å². The van der Waals surface area contributed by atoms with Crippen molar-refractivity contribution in [3.8, 4) is 0 Å². The second-order valence-electron chi connectivity index (χ2n) is 6.01. The van der Waals surface area contributed by atoms with E-state index in [4.69, 9.17) is 14.6 Å². The number of amides is 1. The fourth-order valence-corrected chi connectivity index (χ4v) is 2.55. The molecule has 2 atom stereocenters. The minimum Gasteiger partial charge on any atom is -0.478 e. The third-order valence-electron chi connectivity index (χ3n) is 4.09. The molecule has 24 heavy (non-hydrogen) atoms. The highest BCUT2D eigenvalue weighted by Gasteiger charge is 2.18. The van der Waals surface area contributed by atoms with Crippen LogP contribution in [0.3, 0.4) is 0 Å². The molecule has 0 aliphatic carbocycles. The molecule has 0 spiro atoms. The molecule has 6 heteroatoms. The summed E-state index contributed by atoms with van der Waals surface area (Å²) < 4.78 is 11.2. The first-order valence-electron chi connectivity index (χ1n) is 8.39. The lowest BCUT2D eigenvalue weighted by atomic mass is 10.1. The van der Waals surface area contributed by atoms with Crippen molar-refractivity contribution in [3.63, 3.8) is 0 Å². The van der Waals surface area contributed by atoms with Crippen LogP contribution in [0.2, 0.25) is 0 Å². The maximum atomic E-state index is 12.0. The van der Waals surface area contributed by atoms with Crippen LogP contribution in [0.1, 0.15) is 42.1 Å². The minimum atomic E-state index is -0.942. The molecule has 1 aliphatic rings. The molecule has 1 aromatic carbocycles. The maximum absolute atomic E-state index is 12.0. The molecular formula is C18H25NO5. The number of carbonyl (C=O) groups is 2. The zero-order valence-electron chi connectivity index (χ0n) is 14.0. The Morgan fingerprint density at radius 1 is 1.33 bits per heavy atom. The molecule has 1 fully saturated rings. The van der Waals surface area contributed by atoms with Crippen LogP contribution in [-0.2, 0) is 20.7 Å². The highest BCUT2D eigenvalue weighted by Crippen LogP contribution is 2.13. The van der Waals surface area contributed by atoms with Crippen LogP contribution in [0.15, 0.2) is 24.3 Å². The van der Waals surface area contributed by atoms with E-state index in [1.165, 1.54) is 0 Å². The standard InChI is InChI=1S/C18H25NO5/c1-13(24-12-16-4-2-3-11-23-16)17(20)19-10-9-14-5-7-15(8-6-14)18(21)22/h5-8,13,16H,2-4,9-12H2,1H3,(H,19,20)(H,21,22).